The highest BCUT2D eigenvalue weighted by Crippen LogP contribution is 2.36. The standard InChI is InChI=1S/C13H10BrCl2FS/c1-7-9(14)6-13(18-7)11(16)5-8-10(15)3-2-4-12(8)17/h2-4,6,11H,5H2,1H3. The second-order valence-electron chi connectivity index (χ2n) is 3.92. The van der Waals surface area contributed by atoms with Crippen molar-refractivity contribution in [2.45, 2.75) is 18.7 Å². The number of thiophene rings is 1. The number of halogens is 4. The van der Waals surface area contributed by atoms with Crippen molar-refractivity contribution in [2.24, 2.45) is 0 Å². The molecule has 1 atom stereocenters. The first kappa shape index (κ1) is 14.3. The second kappa shape index (κ2) is 5.91. The maximum Gasteiger partial charge on any atom is 0.127 e. The minimum Gasteiger partial charge on any atom is -0.207 e. The Morgan fingerprint density at radius 1 is 1.44 bits per heavy atom. The fourth-order valence-corrected chi connectivity index (χ4v) is 3.77. The number of aryl methyl sites for hydroxylation is 1. The number of benzene rings is 1. The Hall–Kier alpha value is -0.0900. The van der Waals surface area contributed by atoms with Crippen LogP contribution in [0.15, 0.2) is 28.7 Å². The molecule has 0 nitrogen and oxygen atoms in total. The molecular formula is C13H10BrCl2FS. The van der Waals surface area contributed by atoms with Crippen molar-refractivity contribution in [2.75, 3.05) is 0 Å². The molecule has 2 aromatic rings. The van der Waals surface area contributed by atoms with Gasteiger partial charge in [-0.2, -0.15) is 0 Å². The molecule has 1 aromatic carbocycles. The van der Waals surface area contributed by atoms with Gasteiger partial charge in [0.2, 0.25) is 0 Å². The first-order valence-corrected chi connectivity index (χ1v) is 7.74. The second-order valence-corrected chi connectivity index (χ2v) is 7.00. The molecule has 0 saturated carbocycles. The number of hydrogen-bond donors (Lipinski definition) is 0. The van der Waals surface area contributed by atoms with Gasteiger partial charge in [0.05, 0.1) is 5.38 Å². The maximum absolute atomic E-state index is 13.7. The van der Waals surface area contributed by atoms with Crippen molar-refractivity contribution in [3.05, 3.63) is 54.9 Å². The highest BCUT2D eigenvalue weighted by Gasteiger charge is 2.17. The largest absolute Gasteiger partial charge is 0.207 e. The van der Waals surface area contributed by atoms with Gasteiger partial charge < -0.3 is 0 Å². The summed E-state index contributed by atoms with van der Waals surface area (Å²) in [6.07, 6.45) is 0.388. The van der Waals surface area contributed by atoms with Crippen LogP contribution in [0.2, 0.25) is 5.02 Å². The molecular weight excluding hydrogens is 358 g/mol. The highest BCUT2D eigenvalue weighted by molar-refractivity contribution is 9.10. The Morgan fingerprint density at radius 2 is 2.17 bits per heavy atom. The normalized spacial score (nSPS) is 12.7. The minimum absolute atomic E-state index is 0.269. The minimum atomic E-state index is -0.305. The van der Waals surface area contributed by atoms with E-state index in [1.807, 2.05) is 13.0 Å². The summed E-state index contributed by atoms with van der Waals surface area (Å²) in [4.78, 5) is 2.18. The number of hydrogen-bond acceptors (Lipinski definition) is 1. The Balaban J connectivity index is 2.23. The molecule has 1 heterocycles. The zero-order valence-electron chi connectivity index (χ0n) is 9.51. The summed E-state index contributed by atoms with van der Waals surface area (Å²) in [5, 5.41) is 0.155. The van der Waals surface area contributed by atoms with Crippen molar-refractivity contribution in [3.63, 3.8) is 0 Å². The lowest BCUT2D eigenvalue weighted by atomic mass is 10.1. The molecule has 5 heteroatoms. The fraction of sp³-hybridized carbons (Fsp3) is 0.231. The van der Waals surface area contributed by atoms with E-state index in [0.717, 1.165) is 14.2 Å². The topological polar surface area (TPSA) is 0 Å². The van der Waals surface area contributed by atoms with Crippen LogP contribution in [0.4, 0.5) is 4.39 Å². The van der Waals surface area contributed by atoms with Crippen LogP contribution >= 0.6 is 50.5 Å². The lowest BCUT2D eigenvalue weighted by molar-refractivity contribution is 0.608. The van der Waals surface area contributed by atoms with E-state index in [1.165, 1.54) is 6.07 Å². The molecule has 2 rings (SSSR count). The van der Waals surface area contributed by atoms with Crippen molar-refractivity contribution in [1.82, 2.24) is 0 Å². The summed E-state index contributed by atoms with van der Waals surface area (Å²) in [6, 6.07) is 6.66. The smallest absolute Gasteiger partial charge is 0.127 e. The van der Waals surface area contributed by atoms with Crippen LogP contribution in [0.3, 0.4) is 0 Å². The van der Waals surface area contributed by atoms with E-state index in [2.05, 4.69) is 15.9 Å². The third-order valence-corrected chi connectivity index (χ3v) is 5.75. The van der Waals surface area contributed by atoms with E-state index < -0.39 is 0 Å². The van der Waals surface area contributed by atoms with E-state index in [9.17, 15) is 4.39 Å². The Labute approximate surface area is 128 Å². The Kier molecular flexibility index (Phi) is 4.70. The lowest BCUT2D eigenvalue weighted by Crippen LogP contribution is -1.97. The molecule has 0 fully saturated rings. The molecule has 18 heavy (non-hydrogen) atoms. The van der Waals surface area contributed by atoms with Crippen LogP contribution in [-0.4, -0.2) is 0 Å². The van der Waals surface area contributed by atoms with Gasteiger partial charge in [-0.1, -0.05) is 17.7 Å². The van der Waals surface area contributed by atoms with Gasteiger partial charge in [0, 0.05) is 24.8 Å². The van der Waals surface area contributed by atoms with Gasteiger partial charge >= 0.3 is 0 Å². The summed E-state index contributed by atoms with van der Waals surface area (Å²) in [6.45, 7) is 2.01. The Morgan fingerprint density at radius 3 is 2.72 bits per heavy atom. The van der Waals surface area contributed by atoms with Crippen molar-refractivity contribution in [1.29, 1.82) is 0 Å². The molecule has 0 aliphatic heterocycles. The predicted molar refractivity (Wildman–Crippen MR) is 80.5 cm³/mol. The summed E-state index contributed by atoms with van der Waals surface area (Å²) < 4.78 is 14.7. The summed E-state index contributed by atoms with van der Waals surface area (Å²) >= 11 is 17.4. The van der Waals surface area contributed by atoms with Crippen LogP contribution < -0.4 is 0 Å². The van der Waals surface area contributed by atoms with E-state index in [0.29, 0.717) is 17.0 Å². The number of alkyl halides is 1. The third-order valence-electron chi connectivity index (χ3n) is 2.63. The van der Waals surface area contributed by atoms with E-state index in [1.54, 1.807) is 23.5 Å². The molecule has 1 unspecified atom stereocenters. The average Bonchev–Trinajstić information content (AvgIpc) is 2.64. The maximum atomic E-state index is 13.7. The molecule has 0 saturated heterocycles. The fourth-order valence-electron chi connectivity index (χ4n) is 1.64. The molecule has 0 amide bonds. The lowest BCUT2D eigenvalue weighted by Gasteiger charge is -2.09. The molecule has 0 spiro atoms. The number of rotatable bonds is 3. The van der Waals surface area contributed by atoms with Crippen LogP contribution in [0.25, 0.3) is 0 Å². The molecule has 0 aliphatic carbocycles. The zero-order valence-corrected chi connectivity index (χ0v) is 13.4. The van der Waals surface area contributed by atoms with Gasteiger partial charge in [-0.25, -0.2) is 4.39 Å². The molecule has 0 aliphatic rings. The molecule has 1 aromatic heterocycles. The average molecular weight is 368 g/mol. The van der Waals surface area contributed by atoms with Gasteiger partial charge in [-0.3, -0.25) is 0 Å². The monoisotopic (exact) mass is 366 g/mol. The highest BCUT2D eigenvalue weighted by atomic mass is 79.9. The molecule has 0 bridgehead atoms. The summed E-state index contributed by atoms with van der Waals surface area (Å²) in [5.74, 6) is -0.305. The van der Waals surface area contributed by atoms with Crippen LogP contribution in [-0.2, 0) is 6.42 Å². The first-order chi connectivity index (χ1) is 8.49. The van der Waals surface area contributed by atoms with E-state index in [-0.39, 0.29) is 11.2 Å². The zero-order chi connectivity index (χ0) is 13.3. The third kappa shape index (κ3) is 3.08. The van der Waals surface area contributed by atoms with Gasteiger partial charge in [-0.15, -0.1) is 22.9 Å². The van der Waals surface area contributed by atoms with Crippen LogP contribution in [0, 0.1) is 12.7 Å². The van der Waals surface area contributed by atoms with Crippen LogP contribution in [0.1, 0.15) is 20.7 Å². The summed E-state index contributed by atoms with van der Waals surface area (Å²) in [5.41, 5.74) is 0.473. The van der Waals surface area contributed by atoms with Gasteiger partial charge in [0.1, 0.15) is 5.82 Å². The first-order valence-electron chi connectivity index (χ1n) is 5.32. The van der Waals surface area contributed by atoms with Crippen molar-refractivity contribution >= 4 is 50.5 Å². The van der Waals surface area contributed by atoms with Crippen LogP contribution in [0.5, 0.6) is 0 Å². The SMILES string of the molecule is Cc1sc(C(Cl)Cc2c(F)cccc2Cl)cc1Br. The molecule has 96 valence electrons. The Bertz CT molecular complexity index is 528. The quantitative estimate of drug-likeness (QED) is 0.572. The predicted octanol–water partition coefficient (Wildman–Crippen LogP) is 6.13. The van der Waals surface area contributed by atoms with Gasteiger partial charge in [0.25, 0.3) is 0 Å². The van der Waals surface area contributed by atoms with Crippen molar-refractivity contribution in [3.8, 4) is 0 Å². The van der Waals surface area contributed by atoms with E-state index in [4.69, 9.17) is 23.2 Å². The molecule has 0 radical (unpaired) electrons. The van der Waals surface area contributed by atoms with Gasteiger partial charge in [0.15, 0.2) is 0 Å². The van der Waals surface area contributed by atoms with E-state index >= 15 is 0 Å². The summed E-state index contributed by atoms with van der Waals surface area (Å²) in [7, 11) is 0. The van der Waals surface area contributed by atoms with Gasteiger partial charge in [-0.05, 0) is 47.5 Å². The van der Waals surface area contributed by atoms with Crippen molar-refractivity contribution < 1.29 is 4.39 Å². The molecule has 0 N–H and O–H groups in total.